The summed E-state index contributed by atoms with van der Waals surface area (Å²) in [6.45, 7) is 3.49. The molecule has 1 aromatic rings. The predicted octanol–water partition coefficient (Wildman–Crippen LogP) is 2.31. The van der Waals surface area contributed by atoms with Crippen LogP contribution in [0.25, 0.3) is 0 Å². The maximum atomic E-state index is 11.9. The van der Waals surface area contributed by atoms with Crippen molar-refractivity contribution in [3.63, 3.8) is 0 Å². The standard InChI is InChI=1S/C14H22O5S2/c1-3-4-5-11-20(15,16)12-10-19-21(17,18)14-8-6-13(2)7-9-14/h6-9H,3-5,10-12H2,1-2H3. The molecule has 0 heterocycles. The lowest BCUT2D eigenvalue weighted by Crippen LogP contribution is -2.18. The molecule has 0 amide bonds. The zero-order valence-electron chi connectivity index (χ0n) is 12.4. The molecule has 0 atom stereocenters. The highest BCUT2D eigenvalue weighted by Gasteiger charge is 2.17. The maximum Gasteiger partial charge on any atom is 0.297 e. The summed E-state index contributed by atoms with van der Waals surface area (Å²) in [6.07, 6.45) is 2.39. The maximum absolute atomic E-state index is 11.9. The third-order valence-electron chi connectivity index (χ3n) is 3.00. The van der Waals surface area contributed by atoms with Crippen LogP contribution in [0.1, 0.15) is 31.7 Å². The lowest BCUT2D eigenvalue weighted by molar-refractivity contribution is 0.338. The second-order valence-corrected chi connectivity index (χ2v) is 8.87. The van der Waals surface area contributed by atoms with Gasteiger partial charge in [0.15, 0.2) is 9.84 Å². The van der Waals surface area contributed by atoms with Crippen LogP contribution in [0.3, 0.4) is 0 Å². The number of benzene rings is 1. The van der Waals surface area contributed by atoms with Crippen LogP contribution in [-0.4, -0.2) is 34.9 Å². The van der Waals surface area contributed by atoms with Gasteiger partial charge >= 0.3 is 0 Å². The molecule has 0 aromatic heterocycles. The van der Waals surface area contributed by atoms with Gasteiger partial charge in [-0.25, -0.2) is 8.42 Å². The zero-order valence-corrected chi connectivity index (χ0v) is 14.0. The SMILES string of the molecule is CCCCCS(=O)(=O)CCOS(=O)(=O)c1ccc(C)cc1. The molecule has 0 bridgehead atoms. The first-order chi connectivity index (χ1) is 9.77. The molecule has 1 aromatic carbocycles. The van der Waals surface area contributed by atoms with Gasteiger partial charge in [-0.1, -0.05) is 37.5 Å². The van der Waals surface area contributed by atoms with E-state index < -0.39 is 20.0 Å². The van der Waals surface area contributed by atoms with Crippen LogP contribution in [0.5, 0.6) is 0 Å². The highest BCUT2D eigenvalue weighted by molar-refractivity contribution is 7.91. The number of rotatable bonds is 9. The molecule has 0 aliphatic heterocycles. The van der Waals surface area contributed by atoms with Gasteiger partial charge in [-0.3, -0.25) is 4.18 Å². The first-order valence-electron chi connectivity index (χ1n) is 6.93. The monoisotopic (exact) mass is 334 g/mol. The zero-order chi connectivity index (χ0) is 15.9. The second kappa shape index (κ2) is 7.91. The van der Waals surface area contributed by atoms with E-state index in [9.17, 15) is 16.8 Å². The number of unbranched alkanes of at least 4 members (excludes halogenated alkanes) is 2. The van der Waals surface area contributed by atoms with Crippen molar-refractivity contribution in [2.24, 2.45) is 0 Å². The van der Waals surface area contributed by atoms with Gasteiger partial charge in [0.25, 0.3) is 10.1 Å². The molecule has 0 saturated heterocycles. The fourth-order valence-corrected chi connectivity index (χ4v) is 3.92. The largest absolute Gasteiger partial charge is 0.297 e. The molecule has 0 aliphatic carbocycles. The molecule has 0 spiro atoms. The summed E-state index contributed by atoms with van der Waals surface area (Å²) < 4.78 is 51.9. The van der Waals surface area contributed by atoms with E-state index in [2.05, 4.69) is 0 Å². The van der Waals surface area contributed by atoms with Crippen molar-refractivity contribution in [3.8, 4) is 0 Å². The first kappa shape index (κ1) is 18.1. The van der Waals surface area contributed by atoms with E-state index >= 15 is 0 Å². The van der Waals surface area contributed by atoms with Crippen molar-refractivity contribution in [2.75, 3.05) is 18.1 Å². The Morgan fingerprint density at radius 3 is 2.14 bits per heavy atom. The van der Waals surface area contributed by atoms with Gasteiger partial charge in [-0.15, -0.1) is 0 Å². The molecule has 0 unspecified atom stereocenters. The van der Waals surface area contributed by atoms with Gasteiger partial charge in [0.05, 0.1) is 23.0 Å². The molecule has 0 saturated carbocycles. The first-order valence-corrected chi connectivity index (χ1v) is 10.2. The van der Waals surface area contributed by atoms with Crippen molar-refractivity contribution in [1.82, 2.24) is 0 Å². The Kier molecular flexibility index (Phi) is 6.83. The summed E-state index contributed by atoms with van der Waals surface area (Å²) in [4.78, 5) is 0.0384. The summed E-state index contributed by atoms with van der Waals surface area (Å²) in [7, 11) is -7.14. The Labute approximate surface area is 127 Å². The molecule has 1 rings (SSSR count). The lowest BCUT2D eigenvalue weighted by Gasteiger charge is -2.07. The topological polar surface area (TPSA) is 77.5 Å². The van der Waals surface area contributed by atoms with Crippen molar-refractivity contribution in [1.29, 1.82) is 0 Å². The minimum atomic E-state index is -3.89. The average molecular weight is 334 g/mol. The molecule has 5 nitrogen and oxygen atoms in total. The molecule has 0 N–H and O–H groups in total. The highest BCUT2D eigenvalue weighted by atomic mass is 32.2. The molecule has 7 heteroatoms. The van der Waals surface area contributed by atoms with Gasteiger partial charge in [-0.2, -0.15) is 8.42 Å². The van der Waals surface area contributed by atoms with Gasteiger partial charge in [0, 0.05) is 0 Å². The van der Waals surface area contributed by atoms with E-state index in [1.165, 1.54) is 12.1 Å². The Balaban J connectivity index is 2.53. The van der Waals surface area contributed by atoms with Gasteiger partial charge in [0.1, 0.15) is 0 Å². The van der Waals surface area contributed by atoms with Crippen molar-refractivity contribution >= 4 is 20.0 Å². The fraction of sp³-hybridized carbons (Fsp3) is 0.571. The van der Waals surface area contributed by atoms with Crippen molar-refractivity contribution < 1.29 is 21.0 Å². The predicted molar refractivity (Wildman–Crippen MR) is 82.5 cm³/mol. The van der Waals surface area contributed by atoms with Crippen LogP contribution in [0.4, 0.5) is 0 Å². The quantitative estimate of drug-likeness (QED) is 0.511. The van der Waals surface area contributed by atoms with Gasteiger partial charge in [0.2, 0.25) is 0 Å². The van der Waals surface area contributed by atoms with E-state index in [1.54, 1.807) is 12.1 Å². The van der Waals surface area contributed by atoms with E-state index in [-0.39, 0.29) is 23.0 Å². The van der Waals surface area contributed by atoms with Crippen molar-refractivity contribution in [3.05, 3.63) is 29.8 Å². The molecule has 0 fully saturated rings. The molecule has 0 aliphatic rings. The van der Waals surface area contributed by atoms with Crippen LogP contribution < -0.4 is 0 Å². The van der Waals surface area contributed by atoms with E-state index in [0.29, 0.717) is 6.42 Å². The number of sulfone groups is 1. The van der Waals surface area contributed by atoms with Crippen LogP contribution in [0.2, 0.25) is 0 Å². The fourth-order valence-electron chi connectivity index (χ4n) is 1.72. The number of hydrogen-bond donors (Lipinski definition) is 0. The van der Waals surface area contributed by atoms with E-state index in [0.717, 1.165) is 18.4 Å². The van der Waals surface area contributed by atoms with E-state index in [4.69, 9.17) is 4.18 Å². The van der Waals surface area contributed by atoms with Crippen LogP contribution >= 0.6 is 0 Å². The number of aryl methyl sites for hydroxylation is 1. The minimum Gasteiger partial charge on any atom is -0.265 e. The number of hydrogen-bond acceptors (Lipinski definition) is 5. The van der Waals surface area contributed by atoms with Crippen LogP contribution in [0.15, 0.2) is 29.2 Å². The third kappa shape index (κ3) is 6.58. The average Bonchev–Trinajstić information content (AvgIpc) is 2.39. The molecule has 0 radical (unpaired) electrons. The molecular formula is C14H22O5S2. The Morgan fingerprint density at radius 2 is 1.57 bits per heavy atom. The molecule has 21 heavy (non-hydrogen) atoms. The normalized spacial score (nSPS) is 12.5. The smallest absolute Gasteiger partial charge is 0.265 e. The van der Waals surface area contributed by atoms with E-state index in [1.807, 2.05) is 13.8 Å². The molecule has 120 valence electrons. The second-order valence-electron chi connectivity index (χ2n) is 4.95. The summed E-state index contributed by atoms with van der Waals surface area (Å²) in [5.74, 6) is -0.198. The summed E-state index contributed by atoms with van der Waals surface area (Å²) in [6, 6.07) is 6.22. The van der Waals surface area contributed by atoms with Crippen LogP contribution in [-0.2, 0) is 24.1 Å². The van der Waals surface area contributed by atoms with Gasteiger partial charge < -0.3 is 0 Å². The summed E-state index contributed by atoms with van der Waals surface area (Å²) in [5, 5.41) is 0. The molecular weight excluding hydrogens is 312 g/mol. The Hall–Kier alpha value is -0.920. The highest BCUT2D eigenvalue weighted by Crippen LogP contribution is 2.13. The third-order valence-corrected chi connectivity index (χ3v) is 6.03. The summed E-state index contributed by atoms with van der Waals surface area (Å²) >= 11 is 0. The summed E-state index contributed by atoms with van der Waals surface area (Å²) in [5.41, 5.74) is 0.937. The Bertz CT molecular complexity index is 630. The Morgan fingerprint density at radius 1 is 0.952 bits per heavy atom. The van der Waals surface area contributed by atoms with Gasteiger partial charge in [-0.05, 0) is 25.5 Å². The minimum absolute atomic E-state index is 0.0384. The van der Waals surface area contributed by atoms with Crippen LogP contribution in [0, 0.1) is 6.92 Å². The lowest BCUT2D eigenvalue weighted by atomic mass is 10.2. The van der Waals surface area contributed by atoms with Crippen molar-refractivity contribution in [2.45, 2.75) is 38.0 Å².